The third-order valence-corrected chi connectivity index (χ3v) is 3.64. The van der Waals surface area contributed by atoms with Crippen LogP contribution in [0.2, 0.25) is 0 Å². The van der Waals surface area contributed by atoms with Crippen LogP contribution in [0.3, 0.4) is 0 Å². The Labute approximate surface area is 104 Å². The first-order chi connectivity index (χ1) is 8.10. The van der Waals surface area contributed by atoms with Crippen molar-refractivity contribution >= 4 is 0 Å². The quantitative estimate of drug-likeness (QED) is 0.760. The lowest BCUT2D eigenvalue weighted by Gasteiger charge is -2.30. The van der Waals surface area contributed by atoms with Crippen molar-refractivity contribution in [3.05, 3.63) is 17.5 Å². The van der Waals surface area contributed by atoms with E-state index >= 15 is 0 Å². The van der Waals surface area contributed by atoms with Gasteiger partial charge in [0, 0.05) is 30.9 Å². The fraction of sp³-hybridized carbons (Fsp3) is 0.769. The molecule has 0 bridgehead atoms. The van der Waals surface area contributed by atoms with E-state index in [-0.39, 0.29) is 12.1 Å². The average molecular weight is 239 g/mol. The molecule has 0 unspecified atom stereocenters. The second-order valence-corrected chi connectivity index (χ2v) is 4.63. The van der Waals surface area contributed by atoms with Gasteiger partial charge in [0.2, 0.25) is 0 Å². The van der Waals surface area contributed by atoms with Gasteiger partial charge in [0.05, 0.1) is 12.3 Å². The van der Waals surface area contributed by atoms with Gasteiger partial charge >= 0.3 is 0 Å². The van der Waals surface area contributed by atoms with Crippen LogP contribution in [-0.4, -0.2) is 27.0 Å². The maximum Gasteiger partial charge on any atom is 0.0666 e. The summed E-state index contributed by atoms with van der Waals surface area (Å²) in [5.74, 6) is 0. The lowest BCUT2D eigenvalue weighted by Crippen LogP contribution is -2.47. The van der Waals surface area contributed by atoms with Crippen LogP contribution in [0.5, 0.6) is 0 Å². The minimum Gasteiger partial charge on any atom is -0.394 e. The summed E-state index contributed by atoms with van der Waals surface area (Å²) in [4.78, 5) is 0. The van der Waals surface area contributed by atoms with Crippen molar-refractivity contribution in [3.8, 4) is 0 Å². The van der Waals surface area contributed by atoms with E-state index in [0.29, 0.717) is 0 Å². The van der Waals surface area contributed by atoms with Gasteiger partial charge in [-0.25, -0.2) is 0 Å². The van der Waals surface area contributed by atoms with E-state index in [4.69, 9.17) is 0 Å². The van der Waals surface area contributed by atoms with E-state index in [9.17, 15) is 5.11 Å². The molecular weight excluding hydrogens is 214 g/mol. The van der Waals surface area contributed by atoms with E-state index < -0.39 is 0 Å². The Morgan fingerprint density at radius 3 is 2.47 bits per heavy atom. The molecular formula is C13H25N3O. The number of aliphatic hydroxyl groups excluding tert-OH is 1. The van der Waals surface area contributed by atoms with Gasteiger partial charge in [-0.1, -0.05) is 20.8 Å². The van der Waals surface area contributed by atoms with Crippen molar-refractivity contribution in [2.75, 3.05) is 6.61 Å². The van der Waals surface area contributed by atoms with Crippen LogP contribution in [0.15, 0.2) is 6.20 Å². The van der Waals surface area contributed by atoms with Gasteiger partial charge in [-0.05, 0) is 19.3 Å². The Bertz CT molecular complexity index is 334. The number of nitrogens with zero attached hydrogens (tertiary/aromatic N) is 2. The summed E-state index contributed by atoms with van der Waals surface area (Å²) in [6.07, 6.45) is 4.87. The second kappa shape index (κ2) is 6.17. The topological polar surface area (TPSA) is 50.1 Å². The summed E-state index contributed by atoms with van der Waals surface area (Å²) in [6, 6.07) is 0. The van der Waals surface area contributed by atoms with Crippen molar-refractivity contribution in [1.29, 1.82) is 0 Å². The molecule has 2 N–H and O–H groups in total. The molecule has 0 fully saturated rings. The Morgan fingerprint density at radius 2 is 2.00 bits per heavy atom. The molecule has 0 radical (unpaired) electrons. The summed E-state index contributed by atoms with van der Waals surface area (Å²) in [5, 5.41) is 17.4. The number of rotatable bonds is 7. The molecule has 1 aromatic rings. The van der Waals surface area contributed by atoms with Crippen LogP contribution in [0, 0.1) is 0 Å². The molecule has 0 aliphatic heterocycles. The van der Waals surface area contributed by atoms with E-state index in [2.05, 4.69) is 37.4 Å². The van der Waals surface area contributed by atoms with Crippen molar-refractivity contribution in [3.63, 3.8) is 0 Å². The van der Waals surface area contributed by atoms with Gasteiger partial charge in [-0.2, -0.15) is 5.10 Å². The molecule has 17 heavy (non-hydrogen) atoms. The highest BCUT2D eigenvalue weighted by Crippen LogP contribution is 2.16. The Kier molecular flexibility index (Phi) is 5.15. The summed E-state index contributed by atoms with van der Waals surface area (Å²) in [7, 11) is 1.95. The second-order valence-electron chi connectivity index (χ2n) is 4.63. The summed E-state index contributed by atoms with van der Waals surface area (Å²) in [5.41, 5.74) is 2.22. The van der Waals surface area contributed by atoms with Crippen molar-refractivity contribution in [1.82, 2.24) is 15.1 Å². The van der Waals surface area contributed by atoms with Gasteiger partial charge in [0.15, 0.2) is 0 Å². The maximum atomic E-state index is 9.50. The smallest absolute Gasteiger partial charge is 0.0666 e. The number of aryl methyl sites for hydroxylation is 2. The molecule has 1 rings (SSSR count). The summed E-state index contributed by atoms with van der Waals surface area (Å²) < 4.78 is 1.86. The fourth-order valence-electron chi connectivity index (χ4n) is 2.09. The van der Waals surface area contributed by atoms with Crippen LogP contribution in [0.1, 0.15) is 44.9 Å². The number of nitrogens with one attached hydrogen (secondary N) is 1. The predicted octanol–water partition coefficient (Wildman–Crippen LogP) is 1.62. The molecule has 0 amide bonds. The molecule has 1 aromatic heterocycles. The molecule has 0 aliphatic carbocycles. The van der Waals surface area contributed by atoms with E-state index in [1.165, 1.54) is 5.56 Å². The first kappa shape index (κ1) is 14.2. The van der Waals surface area contributed by atoms with E-state index in [1.807, 2.05) is 11.7 Å². The van der Waals surface area contributed by atoms with Crippen LogP contribution < -0.4 is 5.32 Å². The van der Waals surface area contributed by atoms with Crippen molar-refractivity contribution < 1.29 is 5.11 Å². The van der Waals surface area contributed by atoms with E-state index in [1.54, 1.807) is 0 Å². The predicted molar refractivity (Wildman–Crippen MR) is 69.8 cm³/mol. The monoisotopic (exact) mass is 239 g/mol. The SMILES string of the molecule is CCc1nn(C)cc1CNC(CC)(CC)CO. The number of aromatic nitrogens is 2. The third kappa shape index (κ3) is 3.30. The summed E-state index contributed by atoms with van der Waals surface area (Å²) >= 11 is 0. The van der Waals surface area contributed by atoms with Gasteiger partial charge in [-0.15, -0.1) is 0 Å². The zero-order valence-corrected chi connectivity index (χ0v) is 11.5. The van der Waals surface area contributed by atoms with Gasteiger partial charge in [-0.3, -0.25) is 4.68 Å². The molecule has 98 valence electrons. The van der Waals surface area contributed by atoms with Gasteiger partial charge in [0.25, 0.3) is 0 Å². The number of hydrogen-bond acceptors (Lipinski definition) is 3. The zero-order valence-electron chi connectivity index (χ0n) is 11.5. The minimum atomic E-state index is -0.152. The maximum absolute atomic E-state index is 9.50. The molecule has 0 aromatic carbocycles. The molecule has 1 heterocycles. The molecule has 0 saturated heterocycles. The van der Waals surface area contributed by atoms with Crippen LogP contribution in [0.4, 0.5) is 0 Å². The van der Waals surface area contributed by atoms with Crippen molar-refractivity contribution in [2.45, 2.75) is 52.1 Å². The third-order valence-electron chi connectivity index (χ3n) is 3.64. The summed E-state index contributed by atoms with van der Waals surface area (Å²) in [6.45, 7) is 7.29. The van der Waals surface area contributed by atoms with Crippen LogP contribution in [0.25, 0.3) is 0 Å². The molecule has 0 aliphatic rings. The first-order valence-electron chi connectivity index (χ1n) is 6.48. The Hall–Kier alpha value is -0.870. The highest BCUT2D eigenvalue weighted by Gasteiger charge is 2.24. The van der Waals surface area contributed by atoms with Crippen molar-refractivity contribution in [2.24, 2.45) is 7.05 Å². The van der Waals surface area contributed by atoms with E-state index in [0.717, 1.165) is 31.5 Å². The molecule has 4 heteroatoms. The lowest BCUT2D eigenvalue weighted by molar-refractivity contribution is 0.149. The fourth-order valence-corrected chi connectivity index (χ4v) is 2.09. The molecule has 0 atom stereocenters. The van der Waals surface area contributed by atoms with Crippen LogP contribution in [-0.2, 0) is 20.0 Å². The highest BCUT2D eigenvalue weighted by atomic mass is 16.3. The highest BCUT2D eigenvalue weighted by molar-refractivity contribution is 5.17. The Morgan fingerprint density at radius 1 is 1.35 bits per heavy atom. The largest absolute Gasteiger partial charge is 0.394 e. The lowest BCUT2D eigenvalue weighted by atomic mass is 9.93. The number of aliphatic hydroxyl groups is 1. The zero-order chi connectivity index (χ0) is 12.9. The minimum absolute atomic E-state index is 0.152. The average Bonchev–Trinajstić information content (AvgIpc) is 2.72. The molecule has 0 spiro atoms. The molecule has 4 nitrogen and oxygen atoms in total. The molecule has 0 saturated carbocycles. The first-order valence-corrected chi connectivity index (χ1v) is 6.48. The number of hydrogen-bond donors (Lipinski definition) is 2. The Balaban J connectivity index is 2.71. The van der Waals surface area contributed by atoms with Gasteiger partial charge < -0.3 is 10.4 Å². The standard InChI is InChI=1S/C13H25N3O/c1-5-12-11(9-16(4)15-12)8-14-13(6-2,7-3)10-17/h9,14,17H,5-8,10H2,1-4H3. The normalized spacial score (nSPS) is 12.1. The van der Waals surface area contributed by atoms with Gasteiger partial charge in [0.1, 0.15) is 0 Å². The van der Waals surface area contributed by atoms with Crippen LogP contribution >= 0.6 is 0 Å².